The van der Waals surface area contributed by atoms with Crippen molar-refractivity contribution in [2.75, 3.05) is 0 Å². The number of hydrogen-bond acceptors (Lipinski definition) is 0. The molecule has 162 valence electrons. The maximum atomic E-state index is 2.36. The van der Waals surface area contributed by atoms with Gasteiger partial charge in [-0.2, -0.15) is 0 Å². The van der Waals surface area contributed by atoms with Gasteiger partial charge in [-0.25, -0.2) is 0 Å². The first-order valence-corrected chi connectivity index (χ1v) is 12.0. The lowest BCUT2D eigenvalue weighted by atomic mass is 9.75. The van der Waals surface area contributed by atoms with Gasteiger partial charge in [0.15, 0.2) is 0 Å². The molecular weight excluding hydrogens is 408 g/mol. The Morgan fingerprint density at radius 2 is 0.676 bits per heavy atom. The zero-order valence-corrected chi connectivity index (χ0v) is 19.1. The standard InChI is InChI=1S/C34H26/c1-5-13-25(14-6-1)29-21-23-31(29)32-24-22-30(26-15-7-2-8-16-26)33(27-17-9-3-10-18-27)34(32)28-19-11-4-12-20-28/h1-20,22,24H,21,23H2. The van der Waals surface area contributed by atoms with Gasteiger partial charge in [0.2, 0.25) is 0 Å². The second-order valence-corrected chi connectivity index (χ2v) is 8.83. The van der Waals surface area contributed by atoms with Gasteiger partial charge in [0.1, 0.15) is 0 Å². The molecule has 0 atom stereocenters. The monoisotopic (exact) mass is 434 g/mol. The summed E-state index contributed by atoms with van der Waals surface area (Å²) in [4.78, 5) is 0. The Labute approximate surface area is 201 Å². The lowest BCUT2D eigenvalue weighted by Crippen LogP contribution is -2.05. The van der Waals surface area contributed by atoms with Crippen LogP contribution in [0, 0.1) is 0 Å². The van der Waals surface area contributed by atoms with Gasteiger partial charge in [-0.05, 0) is 68.5 Å². The van der Waals surface area contributed by atoms with Gasteiger partial charge in [0, 0.05) is 0 Å². The molecule has 0 nitrogen and oxygen atoms in total. The Balaban J connectivity index is 1.69. The topological polar surface area (TPSA) is 0 Å². The zero-order chi connectivity index (χ0) is 22.7. The van der Waals surface area contributed by atoms with E-state index < -0.39 is 0 Å². The highest BCUT2D eigenvalue weighted by Gasteiger charge is 2.26. The predicted molar refractivity (Wildman–Crippen MR) is 145 cm³/mol. The van der Waals surface area contributed by atoms with Crippen LogP contribution in [0.5, 0.6) is 0 Å². The largest absolute Gasteiger partial charge is 0.0622 e. The Morgan fingerprint density at radius 1 is 0.294 bits per heavy atom. The molecule has 1 aliphatic rings. The van der Waals surface area contributed by atoms with Gasteiger partial charge in [0.25, 0.3) is 0 Å². The smallest absolute Gasteiger partial charge is 0.00207 e. The van der Waals surface area contributed by atoms with Crippen LogP contribution in [0.1, 0.15) is 24.0 Å². The molecule has 5 aromatic rings. The van der Waals surface area contributed by atoms with Crippen LogP contribution in [0.3, 0.4) is 0 Å². The fourth-order valence-electron chi connectivity index (χ4n) is 5.15. The number of hydrogen-bond donors (Lipinski definition) is 0. The minimum Gasteiger partial charge on any atom is -0.0622 e. The molecule has 0 fully saturated rings. The van der Waals surface area contributed by atoms with Crippen molar-refractivity contribution in [2.45, 2.75) is 12.8 Å². The second kappa shape index (κ2) is 9.00. The van der Waals surface area contributed by atoms with Gasteiger partial charge < -0.3 is 0 Å². The summed E-state index contributed by atoms with van der Waals surface area (Å²) in [7, 11) is 0. The fourth-order valence-corrected chi connectivity index (χ4v) is 5.15. The Hall–Kier alpha value is -4.16. The van der Waals surface area contributed by atoms with E-state index in [0.29, 0.717) is 0 Å². The molecule has 0 saturated carbocycles. The number of rotatable bonds is 5. The van der Waals surface area contributed by atoms with Crippen LogP contribution in [0.4, 0.5) is 0 Å². The molecule has 0 heteroatoms. The van der Waals surface area contributed by atoms with E-state index in [0.717, 1.165) is 12.8 Å². The maximum Gasteiger partial charge on any atom is -0.00207 e. The van der Waals surface area contributed by atoms with E-state index >= 15 is 0 Å². The highest BCUT2D eigenvalue weighted by atomic mass is 14.3. The average Bonchev–Trinajstić information content (AvgIpc) is 2.90. The molecule has 6 rings (SSSR count). The van der Waals surface area contributed by atoms with Gasteiger partial charge in [-0.15, -0.1) is 0 Å². The predicted octanol–water partition coefficient (Wildman–Crippen LogP) is 9.39. The molecule has 0 unspecified atom stereocenters. The minimum absolute atomic E-state index is 1.11. The van der Waals surface area contributed by atoms with E-state index in [1.165, 1.54) is 55.7 Å². The third-order valence-electron chi connectivity index (χ3n) is 6.85. The molecule has 0 N–H and O–H groups in total. The van der Waals surface area contributed by atoms with Crippen molar-refractivity contribution in [3.8, 4) is 33.4 Å². The van der Waals surface area contributed by atoms with E-state index in [1.807, 2.05) is 0 Å². The van der Waals surface area contributed by atoms with E-state index in [4.69, 9.17) is 0 Å². The summed E-state index contributed by atoms with van der Waals surface area (Å²) < 4.78 is 0. The van der Waals surface area contributed by atoms with Gasteiger partial charge >= 0.3 is 0 Å². The summed E-state index contributed by atoms with van der Waals surface area (Å²) >= 11 is 0. The maximum absolute atomic E-state index is 2.36. The Morgan fingerprint density at radius 3 is 1.15 bits per heavy atom. The fraction of sp³-hybridized carbons (Fsp3) is 0.0588. The number of benzene rings is 5. The molecule has 0 amide bonds. The van der Waals surface area contributed by atoms with Gasteiger partial charge in [-0.1, -0.05) is 133 Å². The molecule has 0 spiro atoms. The van der Waals surface area contributed by atoms with Crippen molar-refractivity contribution >= 4 is 11.1 Å². The normalized spacial score (nSPS) is 12.9. The third kappa shape index (κ3) is 3.68. The molecular formula is C34H26. The minimum atomic E-state index is 1.11. The summed E-state index contributed by atoms with van der Waals surface area (Å²) in [6, 6.07) is 48.1. The van der Waals surface area contributed by atoms with Crippen LogP contribution in [0.25, 0.3) is 44.5 Å². The average molecular weight is 435 g/mol. The van der Waals surface area contributed by atoms with Crippen molar-refractivity contribution in [3.63, 3.8) is 0 Å². The van der Waals surface area contributed by atoms with Crippen molar-refractivity contribution in [2.24, 2.45) is 0 Å². The Bertz CT molecular complexity index is 1440. The first kappa shape index (κ1) is 20.4. The van der Waals surface area contributed by atoms with Crippen LogP contribution >= 0.6 is 0 Å². The first-order chi connectivity index (χ1) is 16.9. The van der Waals surface area contributed by atoms with E-state index in [-0.39, 0.29) is 0 Å². The van der Waals surface area contributed by atoms with Crippen molar-refractivity contribution in [1.29, 1.82) is 0 Å². The molecule has 0 heterocycles. The van der Waals surface area contributed by atoms with Crippen LogP contribution in [0.2, 0.25) is 0 Å². The SMILES string of the molecule is c1ccc(C2=C(c3ccc(-c4ccccc4)c(-c4ccccc4)c3-c3ccccc3)CC2)cc1. The highest BCUT2D eigenvalue weighted by Crippen LogP contribution is 2.50. The van der Waals surface area contributed by atoms with Crippen molar-refractivity contribution < 1.29 is 0 Å². The van der Waals surface area contributed by atoms with Crippen LogP contribution < -0.4 is 0 Å². The molecule has 34 heavy (non-hydrogen) atoms. The summed E-state index contributed by atoms with van der Waals surface area (Å²) in [5, 5.41) is 0. The van der Waals surface area contributed by atoms with Gasteiger partial charge in [-0.3, -0.25) is 0 Å². The first-order valence-electron chi connectivity index (χ1n) is 12.0. The van der Waals surface area contributed by atoms with Crippen molar-refractivity contribution in [1.82, 2.24) is 0 Å². The molecule has 5 aromatic carbocycles. The second-order valence-electron chi connectivity index (χ2n) is 8.83. The summed E-state index contributed by atoms with van der Waals surface area (Å²) in [5.41, 5.74) is 13.3. The quantitative estimate of drug-likeness (QED) is 0.258. The van der Waals surface area contributed by atoms with E-state index in [9.17, 15) is 0 Å². The van der Waals surface area contributed by atoms with Crippen molar-refractivity contribution in [3.05, 3.63) is 145 Å². The zero-order valence-electron chi connectivity index (χ0n) is 19.1. The van der Waals surface area contributed by atoms with Gasteiger partial charge in [0.05, 0.1) is 0 Å². The number of allylic oxidation sites excluding steroid dienone is 2. The van der Waals surface area contributed by atoms with E-state index in [1.54, 1.807) is 0 Å². The molecule has 0 saturated heterocycles. The van der Waals surface area contributed by atoms with E-state index in [2.05, 4.69) is 133 Å². The Kier molecular flexibility index (Phi) is 5.41. The lowest BCUT2D eigenvalue weighted by Gasteiger charge is -2.29. The highest BCUT2D eigenvalue weighted by molar-refractivity contribution is 6.06. The molecule has 0 bridgehead atoms. The molecule has 0 radical (unpaired) electrons. The summed E-state index contributed by atoms with van der Waals surface area (Å²) in [5.74, 6) is 0. The summed E-state index contributed by atoms with van der Waals surface area (Å²) in [6.07, 6.45) is 2.25. The molecule has 1 aliphatic carbocycles. The lowest BCUT2D eigenvalue weighted by molar-refractivity contribution is 1.01. The summed E-state index contributed by atoms with van der Waals surface area (Å²) in [6.45, 7) is 0. The third-order valence-corrected chi connectivity index (χ3v) is 6.85. The van der Waals surface area contributed by atoms with Crippen LogP contribution in [-0.4, -0.2) is 0 Å². The molecule has 0 aromatic heterocycles. The van der Waals surface area contributed by atoms with Crippen LogP contribution in [0.15, 0.2) is 133 Å². The molecule has 0 aliphatic heterocycles. The van der Waals surface area contributed by atoms with Crippen LogP contribution in [-0.2, 0) is 0 Å².